The third-order valence-electron chi connectivity index (χ3n) is 5.48. The van der Waals surface area contributed by atoms with Crippen LogP contribution >= 0.6 is 23.5 Å². The fraction of sp³-hybridized carbons (Fsp3) is 0.391. The SMILES string of the molecule is CCSC1=N[C@@](C(C)C)([C@H](NS(=O)(=O)c2ccc(C)cc2)c2ccccc2C)C(=O)S1. The first kappa shape index (κ1) is 24.0. The predicted octanol–water partition coefficient (Wildman–Crippen LogP) is 5.10. The normalized spacial score (nSPS) is 20.2. The second kappa shape index (κ2) is 9.48. The average molecular weight is 477 g/mol. The summed E-state index contributed by atoms with van der Waals surface area (Å²) in [6, 6.07) is 13.4. The van der Waals surface area contributed by atoms with Gasteiger partial charge in [0.25, 0.3) is 0 Å². The van der Waals surface area contributed by atoms with E-state index in [1.807, 2.05) is 58.9 Å². The molecule has 1 N–H and O–H groups in total. The molecule has 1 aliphatic rings. The molecule has 0 bridgehead atoms. The highest BCUT2D eigenvalue weighted by Gasteiger charge is 2.54. The van der Waals surface area contributed by atoms with Crippen molar-refractivity contribution in [3.63, 3.8) is 0 Å². The molecular formula is C23H28N2O3S3. The average Bonchev–Trinajstić information content (AvgIpc) is 3.04. The minimum atomic E-state index is -3.89. The molecule has 2 aromatic rings. The highest BCUT2D eigenvalue weighted by atomic mass is 32.2. The van der Waals surface area contributed by atoms with E-state index in [0.29, 0.717) is 4.38 Å². The van der Waals surface area contributed by atoms with Crippen LogP contribution in [-0.4, -0.2) is 29.2 Å². The maximum Gasteiger partial charge on any atom is 0.241 e. The Hall–Kier alpha value is -1.61. The summed E-state index contributed by atoms with van der Waals surface area (Å²) < 4.78 is 30.3. The van der Waals surface area contributed by atoms with Crippen LogP contribution in [0.1, 0.15) is 43.5 Å². The van der Waals surface area contributed by atoms with E-state index in [4.69, 9.17) is 4.99 Å². The van der Waals surface area contributed by atoms with Crippen molar-refractivity contribution in [2.75, 3.05) is 5.75 Å². The maximum atomic E-state index is 13.4. The zero-order chi connectivity index (χ0) is 22.8. The van der Waals surface area contributed by atoms with Gasteiger partial charge in [-0.3, -0.25) is 9.79 Å². The van der Waals surface area contributed by atoms with Crippen LogP contribution in [0.5, 0.6) is 0 Å². The number of thioether (sulfide) groups is 2. The number of benzene rings is 2. The molecule has 0 unspecified atom stereocenters. The van der Waals surface area contributed by atoms with E-state index in [-0.39, 0.29) is 15.9 Å². The molecule has 166 valence electrons. The van der Waals surface area contributed by atoms with Gasteiger partial charge < -0.3 is 0 Å². The number of sulfonamides is 1. The van der Waals surface area contributed by atoms with E-state index in [0.717, 1.165) is 34.2 Å². The molecule has 31 heavy (non-hydrogen) atoms. The second-order valence-electron chi connectivity index (χ2n) is 7.90. The van der Waals surface area contributed by atoms with Crippen LogP contribution in [0.4, 0.5) is 0 Å². The van der Waals surface area contributed by atoms with Crippen molar-refractivity contribution in [2.45, 2.75) is 51.1 Å². The lowest BCUT2D eigenvalue weighted by Crippen LogP contribution is -2.51. The van der Waals surface area contributed by atoms with Gasteiger partial charge in [-0.2, -0.15) is 0 Å². The molecule has 0 spiro atoms. The number of carbonyl (C=O) groups is 1. The summed E-state index contributed by atoms with van der Waals surface area (Å²) in [7, 11) is -3.89. The molecule has 8 heteroatoms. The van der Waals surface area contributed by atoms with Gasteiger partial charge in [0.15, 0.2) is 5.54 Å². The van der Waals surface area contributed by atoms with Crippen molar-refractivity contribution in [1.29, 1.82) is 0 Å². The molecule has 0 saturated heterocycles. The van der Waals surface area contributed by atoms with Gasteiger partial charge in [0, 0.05) is 0 Å². The van der Waals surface area contributed by atoms with E-state index in [2.05, 4.69) is 4.72 Å². The molecular weight excluding hydrogens is 448 g/mol. The van der Waals surface area contributed by atoms with Crippen LogP contribution in [-0.2, 0) is 14.8 Å². The third kappa shape index (κ3) is 4.77. The Balaban J connectivity index is 2.18. The van der Waals surface area contributed by atoms with E-state index in [1.54, 1.807) is 24.3 Å². The summed E-state index contributed by atoms with van der Waals surface area (Å²) in [5, 5.41) is -0.127. The van der Waals surface area contributed by atoms with Gasteiger partial charge in [0.1, 0.15) is 4.38 Å². The highest BCUT2D eigenvalue weighted by Crippen LogP contribution is 2.47. The molecule has 0 fully saturated rings. The molecule has 0 amide bonds. The van der Waals surface area contributed by atoms with E-state index < -0.39 is 21.6 Å². The molecule has 0 radical (unpaired) electrons. The van der Waals surface area contributed by atoms with Crippen molar-refractivity contribution < 1.29 is 13.2 Å². The molecule has 3 rings (SSSR count). The first-order chi connectivity index (χ1) is 14.6. The fourth-order valence-corrected chi connectivity index (χ4v) is 7.13. The van der Waals surface area contributed by atoms with Crippen molar-refractivity contribution in [3.8, 4) is 0 Å². The van der Waals surface area contributed by atoms with Crippen LogP contribution in [0.15, 0.2) is 58.4 Å². The summed E-state index contributed by atoms with van der Waals surface area (Å²) >= 11 is 2.63. The van der Waals surface area contributed by atoms with Crippen molar-refractivity contribution >= 4 is 43.0 Å². The minimum absolute atomic E-state index is 0.127. The van der Waals surface area contributed by atoms with Crippen LogP contribution < -0.4 is 4.72 Å². The van der Waals surface area contributed by atoms with Crippen molar-refractivity contribution in [1.82, 2.24) is 4.72 Å². The van der Waals surface area contributed by atoms with E-state index in [9.17, 15) is 13.2 Å². The molecule has 1 heterocycles. The van der Waals surface area contributed by atoms with Crippen molar-refractivity contribution in [3.05, 3.63) is 65.2 Å². The fourth-order valence-electron chi connectivity index (χ4n) is 3.69. The molecule has 0 saturated carbocycles. The lowest BCUT2D eigenvalue weighted by molar-refractivity contribution is -0.117. The lowest BCUT2D eigenvalue weighted by Gasteiger charge is -2.37. The first-order valence-electron chi connectivity index (χ1n) is 10.2. The molecule has 5 nitrogen and oxygen atoms in total. The Morgan fingerprint density at radius 2 is 1.74 bits per heavy atom. The molecule has 2 atom stereocenters. The van der Waals surface area contributed by atoms with Crippen LogP contribution in [0, 0.1) is 19.8 Å². The maximum absolute atomic E-state index is 13.4. The molecule has 0 aromatic heterocycles. The van der Waals surface area contributed by atoms with Gasteiger partial charge in [-0.15, -0.1) is 0 Å². The minimum Gasteiger partial charge on any atom is -0.284 e. The van der Waals surface area contributed by atoms with Gasteiger partial charge in [-0.05, 0) is 60.5 Å². The lowest BCUT2D eigenvalue weighted by atomic mass is 9.77. The molecule has 1 aliphatic heterocycles. The summed E-state index contributed by atoms with van der Waals surface area (Å²) in [6.07, 6.45) is 0. The molecule has 2 aromatic carbocycles. The quantitative estimate of drug-likeness (QED) is 0.602. The number of aliphatic imine (C=N–C) groups is 1. The predicted molar refractivity (Wildman–Crippen MR) is 131 cm³/mol. The molecule has 0 aliphatic carbocycles. The third-order valence-corrected chi connectivity index (χ3v) is 8.92. The van der Waals surface area contributed by atoms with Gasteiger partial charge in [0.2, 0.25) is 15.1 Å². The summed E-state index contributed by atoms with van der Waals surface area (Å²) in [5.74, 6) is 0.574. The Kier molecular flexibility index (Phi) is 7.35. The number of rotatable bonds is 7. The van der Waals surface area contributed by atoms with Crippen LogP contribution in [0.2, 0.25) is 0 Å². The number of hydrogen-bond donors (Lipinski definition) is 1. The Morgan fingerprint density at radius 3 is 2.32 bits per heavy atom. The zero-order valence-corrected chi connectivity index (χ0v) is 20.8. The van der Waals surface area contributed by atoms with E-state index >= 15 is 0 Å². The summed E-state index contributed by atoms with van der Waals surface area (Å²) in [5.41, 5.74) is 1.41. The second-order valence-corrected chi connectivity index (χ2v) is 12.1. The number of carbonyl (C=O) groups excluding carboxylic acids is 1. The van der Waals surface area contributed by atoms with Crippen molar-refractivity contribution in [2.24, 2.45) is 10.9 Å². The van der Waals surface area contributed by atoms with Gasteiger partial charge in [-0.1, -0.05) is 74.5 Å². The number of nitrogens with zero attached hydrogens (tertiary/aromatic N) is 1. The van der Waals surface area contributed by atoms with Gasteiger partial charge in [0.05, 0.1) is 10.9 Å². The smallest absolute Gasteiger partial charge is 0.241 e. The Bertz CT molecular complexity index is 1100. The first-order valence-corrected chi connectivity index (χ1v) is 13.5. The zero-order valence-electron chi connectivity index (χ0n) is 18.4. The monoisotopic (exact) mass is 476 g/mol. The van der Waals surface area contributed by atoms with Crippen LogP contribution in [0.3, 0.4) is 0 Å². The number of nitrogens with one attached hydrogen (secondary N) is 1. The standard InChI is InChI=1S/C23H28N2O3S3/c1-6-29-22-24-23(15(2)3,21(26)30-22)20(19-10-8-7-9-17(19)5)25-31(27,28)18-13-11-16(4)12-14-18/h7-15,20,25H,6H2,1-5H3/t20-,23+/m1/s1. The number of hydrogen-bond acceptors (Lipinski definition) is 6. The summed E-state index contributed by atoms with van der Waals surface area (Å²) in [4.78, 5) is 18.4. The Morgan fingerprint density at radius 1 is 1.10 bits per heavy atom. The van der Waals surface area contributed by atoms with Gasteiger partial charge in [-0.25, -0.2) is 13.1 Å². The number of aryl methyl sites for hydroxylation is 2. The topological polar surface area (TPSA) is 75.6 Å². The Labute approximate surface area is 193 Å². The highest BCUT2D eigenvalue weighted by molar-refractivity contribution is 8.45. The summed E-state index contributed by atoms with van der Waals surface area (Å²) in [6.45, 7) is 9.69. The van der Waals surface area contributed by atoms with E-state index in [1.165, 1.54) is 11.8 Å². The largest absolute Gasteiger partial charge is 0.284 e. The van der Waals surface area contributed by atoms with Gasteiger partial charge >= 0.3 is 0 Å². The van der Waals surface area contributed by atoms with Crippen LogP contribution in [0.25, 0.3) is 0 Å².